The van der Waals surface area contributed by atoms with Gasteiger partial charge in [0.05, 0.1) is 6.10 Å². The molecule has 0 aromatic heterocycles. The molecule has 0 aromatic rings. The Hall–Kier alpha value is -0.120. The third-order valence-electron chi connectivity index (χ3n) is 4.66. The van der Waals surface area contributed by atoms with Crippen LogP contribution in [0.5, 0.6) is 0 Å². The van der Waals surface area contributed by atoms with Crippen LogP contribution in [0.3, 0.4) is 0 Å². The van der Waals surface area contributed by atoms with Crippen molar-refractivity contribution in [1.29, 1.82) is 0 Å². The van der Waals surface area contributed by atoms with E-state index in [4.69, 9.17) is 0 Å². The first-order chi connectivity index (χ1) is 7.64. The number of hydrogen-bond acceptors (Lipinski definition) is 3. The van der Waals surface area contributed by atoms with Crippen LogP contribution in [0, 0.1) is 0 Å². The van der Waals surface area contributed by atoms with Crippen molar-refractivity contribution in [3.05, 3.63) is 0 Å². The van der Waals surface area contributed by atoms with Gasteiger partial charge in [0, 0.05) is 18.1 Å². The first-order valence-electron chi connectivity index (χ1n) is 6.73. The summed E-state index contributed by atoms with van der Waals surface area (Å²) < 4.78 is 0. The summed E-state index contributed by atoms with van der Waals surface area (Å²) in [6, 6.07) is 0.345. The van der Waals surface area contributed by atoms with E-state index in [1.165, 1.54) is 32.1 Å². The molecule has 0 aromatic carbocycles. The smallest absolute Gasteiger partial charge is 0.0693 e. The van der Waals surface area contributed by atoms with Crippen molar-refractivity contribution in [1.82, 2.24) is 10.2 Å². The molecule has 0 radical (unpaired) electrons. The highest BCUT2D eigenvalue weighted by Gasteiger charge is 2.37. The Labute approximate surface area is 99.2 Å². The van der Waals surface area contributed by atoms with Crippen molar-refractivity contribution in [3.8, 4) is 0 Å². The van der Waals surface area contributed by atoms with Gasteiger partial charge in [-0.25, -0.2) is 0 Å². The van der Waals surface area contributed by atoms with Crippen LogP contribution in [0.1, 0.15) is 44.9 Å². The van der Waals surface area contributed by atoms with Crippen LogP contribution in [0.2, 0.25) is 0 Å². The van der Waals surface area contributed by atoms with E-state index < -0.39 is 0 Å². The van der Waals surface area contributed by atoms with Gasteiger partial charge in [-0.15, -0.1) is 0 Å². The topological polar surface area (TPSA) is 35.5 Å². The van der Waals surface area contributed by atoms with Gasteiger partial charge in [0.2, 0.25) is 0 Å². The molecule has 3 nitrogen and oxygen atoms in total. The van der Waals surface area contributed by atoms with E-state index in [1.54, 1.807) is 0 Å². The molecule has 0 spiro atoms. The molecule has 0 amide bonds. The first kappa shape index (κ1) is 12.3. The summed E-state index contributed by atoms with van der Waals surface area (Å²) in [6.45, 7) is 1.04. The van der Waals surface area contributed by atoms with Crippen LogP contribution in [-0.2, 0) is 0 Å². The number of hydrogen-bond donors (Lipinski definition) is 2. The molecule has 3 heteroatoms. The third kappa shape index (κ3) is 2.41. The highest BCUT2D eigenvalue weighted by molar-refractivity contribution is 4.96. The van der Waals surface area contributed by atoms with Gasteiger partial charge in [-0.2, -0.15) is 0 Å². The predicted molar refractivity (Wildman–Crippen MR) is 66.5 cm³/mol. The van der Waals surface area contributed by atoms with Crippen molar-refractivity contribution in [2.45, 2.75) is 62.6 Å². The van der Waals surface area contributed by atoms with Crippen molar-refractivity contribution in [3.63, 3.8) is 0 Å². The van der Waals surface area contributed by atoms with E-state index in [-0.39, 0.29) is 6.10 Å². The second-order valence-corrected chi connectivity index (χ2v) is 5.81. The molecule has 2 rings (SSSR count). The first-order valence-corrected chi connectivity index (χ1v) is 6.73. The Morgan fingerprint density at radius 2 is 1.88 bits per heavy atom. The molecular formula is C13H26N2O. The van der Waals surface area contributed by atoms with Gasteiger partial charge in [0.25, 0.3) is 0 Å². The van der Waals surface area contributed by atoms with Crippen LogP contribution in [0.4, 0.5) is 0 Å². The largest absolute Gasteiger partial charge is 0.392 e. The Kier molecular flexibility index (Phi) is 3.88. The Balaban J connectivity index is 1.87. The number of nitrogens with one attached hydrogen (secondary N) is 1. The molecule has 2 fully saturated rings. The summed E-state index contributed by atoms with van der Waals surface area (Å²) in [6.07, 6.45) is 8.50. The van der Waals surface area contributed by atoms with E-state index in [2.05, 4.69) is 24.3 Å². The van der Waals surface area contributed by atoms with Crippen molar-refractivity contribution in [2.24, 2.45) is 0 Å². The van der Waals surface area contributed by atoms with Crippen LogP contribution in [0.25, 0.3) is 0 Å². The van der Waals surface area contributed by atoms with E-state index >= 15 is 0 Å². The molecule has 94 valence electrons. The molecular weight excluding hydrogens is 200 g/mol. The minimum absolute atomic E-state index is 0.111. The number of rotatable bonds is 4. The Morgan fingerprint density at radius 1 is 1.19 bits per heavy atom. The second kappa shape index (κ2) is 5.03. The van der Waals surface area contributed by atoms with Gasteiger partial charge in [-0.05, 0) is 46.2 Å². The molecule has 0 unspecified atom stereocenters. The number of likely N-dealkylation sites (N-methyl/N-ethyl adjacent to an activating group) is 1. The van der Waals surface area contributed by atoms with E-state index in [1.807, 2.05) is 0 Å². The van der Waals surface area contributed by atoms with Crippen molar-refractivity contribution in [2.75, 3.05) is 20.6 Å². The molecule has 16 heavy (non-hydrogen) atoms. The fourth-order valence-corrected chi connectivity index (χ4v) is 3.31. The third-order valence-corrected chi connectivity index (χ3v) is 4.66. The van der Waals surface area contributed by atoms with Gasteiger partial charge in [-0.3, -0.25) is 0 Å². The fraction of sp³-hybridized carbons (Fsp3) is 1.00. The highest BCUT2D eigenvalue weighted by atomic mass is 16.3. The number of aliphatic hydroxyl groups excluding tert-OH is 1. The molecule has 2 aliphatic rings. The quantitative estimate of drug-likeness (QED) is 0.760. The second-order valence-electron chi connectivity index (χ2n) is 5.81. The van der Waals surface area contributed by atoms with E-state index in [0.29, 0.717) is 11.6 Å². The standard InChI is InChI=1S/C13H26N2O/c1-15(2)13(8-3-4-9-13)10-14-11-6-5-7-12(11)16/h11-12,14,16H,3-10H2,1-2H3/t11-,12-/m0/s1. The normalized spacial score (nSPS) is 33.8. The van der Waals surface area contributed by atoms with Crippen molar-refractivity contribution < 1.29 is 5.11 Å². The Bertz CT molecular complexity index is 224. The predicted octanol–water partition coefficient (Wildman–Crippen LogP) is 1.36. The lowest BCUT2D eigenvalue weighted by Crippen LogP contribution is -2.52. The van der Waals surface area contributed by atoms with Gasteiger partial charge >= 0.3 is 0 Å². The summed E-state index contributed by atoms with van der Waals surface area (Å²) in [5.74, 6) is 0. The van der Waals surface area contributed by atoms with Crippen molar-refractivity contribution >= 4 is 0 Å². The lowest BCUT2D eigenvalue weighted by Gasteiger charge is -2.38. The zero-order valence-electron chi connectivity index (χ0n) is 10.7. The zero-order chi connectivity index (χ0) is 11.6. The van der Waals surface area contributed by atoms with E-state index in [9.17, 15) is 5.11 Å². The maximum atomic E-state index is 9.81. The minimum Gasteiger partial charge on any atom is -0.392 e. The fourth-order valence-electron chi connectivity index (χ4n) is 3.31. The molecule has 2 N–H and O–H groups in total. The Morgan fingerprint density at radius 3 is 2.38 bits per heavy atom. The summed E-state index contributed by atoms with van der Waals surface area (Å²) in [7, 11) is 4.39. The van der Waals surface area contributed by atoms with Gasteiger partial charge in [0.15, 0.2) is 0 Å². The SMILES string of the molecule is CN(C)C1(CN[C@H]2CCC[C@@H]2O)CCCC1. The average Bonchev–Trinajstić information content (AvgIpc) is 2.84. The lowest BCUT2D eigenvalue weighted by molar-refractivity contribution is 0.116. The zero-order valence-corrected chi connectivity index (χ0v) is 10.7. The van der Waals surface area contributed by atoms with Crippen LogP contribution in [0.15, 0.2) is 0 Å². The summed E-state index contributed by atoms with van der Waals surface area (Å²) in [5, 5.41) is 13.4. The summed E-state index contributed by atoms with van der Waals surface area (Å²) in [4.78, 5) is 2.38. The van der Waals surface area contributed by atoms with Crippen LogP contribution in [-0.4, -0.2) is 48.3 Å². The molecule has 2 saturated carbocycles. The molecule has 2 aliphatic carbocycles. The van der Waals surface area contributed by atoms with Gasteiger partial charge < -0.3 is 15.3 Å². The minimum atomic E-state index is -0.111. The van der Waals surface area contributed by atoms with Crippen LogP contribution < -0.4 is 5.32 Å². The molecule has 2 atom stereocenters. The van der Waals surface area contributed by atoms with Gasteiger partial charge in [-0.1, -0.05) is 12.8 Å². The molecule has 0 saturated heterocycles. The molecule has 0 aliphatic heterocycles. The maximum absolute atomic E-state index is 9.81. The van der Waals surface area contributed by atoms with E-state index in [0.717, 1.165) is 19.4 Å². The summed E-state index contributed by atoms with van der Waals surface area (Å²) in [5.41, 5.74) is 0.350. The number of aliphatic hydroxyl groups is 1. The van der Waals surface area contributed by atoms with Gasteiger partial charge in [0.1, 0.15) is 0 Å². The molecule has 0 bridgehead atoms. The average molecular weight is 226 g/mol. The molecule has 0 heterocycles. The number of nitrogens with zero attached hydrogens (tertiary/aromatic N) is 1. The highest BCUT2D eigenvalue weighted by Crippen LogP contribution is 2.33. The maximum Gasteiger partial charge on any atom is 0.0693 e. The van der Waals surface area contributed by atoms with Crippen LogP contribution >= 0.6 is 0 Å². The monoisotopic (exact) mass is 226 g/mol. The lowest BCUT2D eigenvalue weighted by atomic mass is 9.95. The summed E-state index contributed by atoms with van der Waals surface area (Å²) >= 11 is 0.